The second-order valence-electron chi connectivity index (χ2n) is 6.47. The van der Waals surface area contributed by atoms with Crippen LogP contribution in [-0.2, 0) is 9.59 Å². The van der Waals surface area contributed by atoms with Crippen molar-refractivity contribution in [2.75, 3.05) is 32.7 Å². The number of benzene rings is 2. The normalized spacial score (nSPS) is 14.4. The molecule has 162 valence electrons. The Bertz CT molecular complexity index is 1030. The third-order valence-electron chi connectivity index (χ3n) is 4.44. The molecule has 0 unspecified atom stereocenters. The minimum absolute atomic E-state index is 0.0568. The van der Waals surface area contributed by atoms with Crippen molar-refractivity contribution >= 4 is 29.6 Å². The quantitative estimate of drug-likeness (QED) is 0.498. The number of hydrogen-bond acceptors (Lipinski definition) is 6. The number of carbonyl (C=O) groups excluding carboxylic acids is 3. The van der Waals surface area contributed by atoms with Crippen LogP contribution in [-0.4, -0.2) is 50.1 Å². The van der Waals surface area contributed by atoms with E-state index in [1.807, 2.05) is 6.92 Å². The summed E-state index contributed by atoms with van der Waals surface area (Å²) in [6.07, 6.45) is 1.51. The maximum absolute atomic E-state index is 12.7. The molecule has 0 radical (unpaired) electrons. The van der Waals surface area contributed by atoms with Gasteiger partial charge in [-0.3, -0.25) is 9.59 Å². The van der Waals surface area contributed by atoms with E-state index in [9.17, 15) is 14.4 Å². The first-order chi connectivity index (χ1) is 15.0. The van der Waals surface area contributed by atoms with Gasteiger partial charge in [-0.2, -0.15) is 0 Å². The molecule has 2 aromatic rings. The van der Waals surface area contributed by atoms with Crippen LogP contribution in [0, 0.1) is 0 Å². The number of anilines is 1. The number of amides is 4. The third-order valence-corrected chi connectivity index (χ3v) is 4.44. The predicted molar refractivity (Wildman–Crippen MR) is 114 cm³/mol. The Morgan fingerprint density at radius 1 is 1.06 bits per heavy atom. The smallest absolute Gasteiger partial charge is 0.329 e. The van der Waals surface area contributed by atoms with Gasteiger partial charge in [-0.05, 0) is 42.8 Å². The lowest BCUT2D eigenvalue weighted by molar-refractivity contribution is -0.127. The van der Waals surface area contributed by atoms with Crippen molar-refractivity contribution in [3.8, 4) is 17.2 Å². The van der Waals surface area contributed by atoms with Crippen molar-refractivity contribution < 1.29 is 28.6 Å². The van der Waals surface area contributed by atoms with E-state index in [1.54, 1.807) is 42.5 Å². The van der Waals surface area contributed by atoms with Crippen LogP contribution in [0.5, 0.6) is 17.2 Å². The fourth-order valence-corrected chi connectivity index (χ4v) is 3.01. The molecule has 1 aliphatic rings. The van der Waals surface area contributed by atoms with Crippen molar-refractivity contribution in [2.24, 2.45) is 0 Å². The lowest BCUT2D eigenvalue weighted by Crippen LogP contribution is -2.38. The van der Waals surface area contributed by atoms with Gasteiger partial charge in [-0.25, -0.2) is 9.69 Å². The summed E-state index contributed by atoms with van der Waals surface area (Å²) in [5.74, 6) is 0.410. The second kappa shape index (κ2) is 9.66. The Hall–Kier alpha value is -4.01. The number of carbonyl (C=O) groups is 3. The average molecular weight is 425 g/mol. The highest BCUT2D eigenvalue weighted by molar-refractivity contribution is 6.16. The number of para-hydroxylation sites is 2. The van der Waals surface area contributed by atoms with Crippen LogP contribution >= 0.6 is 0 Å². The Morgan fingerprint density at radius 2 is 1.81 bits per heavy atom. The van der Waals surface area contributed by atoms with E-state index in [0.717, 1.165) is 4.90 Å². The average Bonchev–Trinajstić information content (AvgIpc) is 3.02. The molecule has 1 heterocycles. The van der Waals surface area contributed by atoms with Gasteiger partial charge in [0.2, 0.25) is 5.91 Å². The van der Waals surface area contributed by atoms with Crippen LogP contribution in [0.4, 0.5) is 10.5 Å². The number of ether oxygens (including phenoxy) is 3. The molecular weight excluding hydrogens is 402 g/mol. The van der Waals surface area contributed by atoms with E-state index in [1.165, 1.54) is 20.3 Å². The molecule has 0 atom stereocenters. The van der Waals surface area contributed by atoms with E-state index in [4.69, 9.17) is 14.2 Å². The van der Waals surface area contributed by atoms with Crippen LogP contribution < -0.4 is 24.8 Å². The lowest BCUT2D eigenvalue weighted by atomic mass is 10.1. The zero-order valence-corrected chi connectivity index (χ0v) is 17.4. The molecule has 1 saturated heterocycles. The van der Waals surface area contributed by atoms with Gasteiger partial charge in [0.1, 0.15) is 18.0 Å². The van der Waals surface area contributed by atoms with Gasteiger partial charge in [0, 0.05) is 0 Å². The third kappa shape index (κ3) is 4.95. The number of methoxy groups -OCH3 is 2. The van der Waals surface area contributed by atoms with E-state index < -0.39 is 24.4 Å². The summed E-state index contributed by atoms with van der Waals surface area (Å²) in [4.78, 5) is 38.2. The molecule has 2 aromatic carbocycles. The van der Waals surface area contributed by atoms with E-state index in [0.29, 0.717) is 35.1 Å². The summed E-state index contributed by atoms with van der Waals surface area (Å²) in [5.41, 5.74) is 1.13. The molecule has 0 bridgehead atoms. The molecule has 9 heteroatoms. The van der Waals surface area contributed by atoms with Gasteiger partial charge in [-0.15, -0.1) is 0 Å². The summed E-state index contributed by atoms with van der Waals surface area (Å²) in [6.45, 7) is 1.91. The highest BCUT2D eigenvalue weighted by atomic mass is 16.5. The number of urea groups is 1. The number of rotatable bonds is 8. The van der Waals surface area contributed by atoms with Crippen molar-refractivity contribution in [1.29, 1.82) is 0 Å². The summed E-state index contributed by atoms with van der Waals surface area (Å²) >= 11 is 0. The number of imide groups is 1. The highest BCUT2D eigenvalue weighted by Crippen LogP contribution is 2.29. The van der Waals surface area contributed by atoms with Gasteiger partial charge in [0.15, 0.2) is 11.5 Å². The van der Waals surface area contributed by atoms with Crippen LogP contribution in [0.2, 0.25) is 0 Å². The Labute approximate surface area is 179 Å². The summed E-state index contributed by atoms with van der Waals surface area (Å²) in [5, 5.41) is 5.13. The maximum atomic E-state index is 12.7. The van der Waals surface area contributed by atoms with E-state index >= 15 is 0 Å². The van der Waals surface area contributed by atoms with Gasteiger partial charge >= 0.3 is 6.03 Å². The monoisotopic (exact) mass is 425 g/mol. The first-order valence-corrected chi connectivity index (χ1v) is 9.55. The van der Waals surface area contributed by atoms with Crippen LogP contribution in [0.15, 0.2) is 48.2 Å². The summed E-state index contributed by atoms with van der Waals surface area (Å²) in [7, 11) is 2.99. The fourth-order valence-electron chi connectivity index (χ4n) is 3.01. The maximum Gasteiger partial charge on any atom is 0.329 e. The molecule has 1 fully saturated rings. The van der Waals surface area contributed by atoms with Gasteiger partial charge in [-0.1, -0.05) is 18.2 Å². The standard InChI is InChI=1S/C22H23N3O6/c1-4-31-18-10-9-14(12-19(18)30-3)11-16-21(27)25(22(28)24-16)13-20(26)23-15-7-5-6-8-17(15)29-2/h5-12H,4,13H2,1-3H3,(H,23,26)(H,24,28)/b16-11+. The number of nitrogens with zero attached hydrogens (tertiary/aromatic N) is 1. The molecule has 2 N–H and O–H groups in total. The SMILES string of the molecule is CCOc1ccc(/C=C2/NC(=O)N(CC(=O)Nc3ccccc3OC)C2=O)cc1OC. The fraction of sp³-hybridized carbons (Fsp3) is 0.227. The Kier molecular flexibility index (Phi) is 6.76. The molecule has 3 rings (SSSR count). The highest BCUT2D eigenvalue weighted by Gasteiger charge is 2.35. The van der Waals surface area contributed by atoms with Crippen LogP contribution in [0.25, 0.3) is 6.08 Å². The number of hydrogen-bond donors (Lipinski definition) is 2. The molecule has 31 heavy (non-hydrogen) atoms. The van der Waals surface area contributed by atoms with E-state index in [-0.39, 0.29) is 5.70 Å². The van der Waals surface area contributed by atoms with Gasteiger partial charge in [0.25, 0.3) is 5.91 Å². The van der Waals surface area contributed by atoms with Crippen molar-refractivity contribution in [1.82, 2.24) is 10.2 Å². The molecular formula is C22H23N3O6. The minimum atomic E-state index is -0.677. The van der Waals surface area contributed by atoms with Crippen molar-refractivity contribution in [3.05, 3.63) is 53.7 Å². The topological polar surface area (TPSA) is 106 Å². The Balaban J connectivity index is 1.72. The van der Waals surface area contributed by atoms with E-state index in [2.05, 4.69) is 10.6 Å². The largest absolute Gasteiger partial charge is 0.495 e. The predicted octanol–water partition coefficient (Wildman–Crippen LogP) is 2.63. The van der Waals surface area contributed by atoms with Crippen molar-refractivity contribution in [2.45, 2.75) is 6.92 Å². The Morgan fingerprint density at radius 3 is 2.52 bits per heavy atom. The molecule has 0 aromatic heterocycles. The zero-order valence-electron chi connectivity index (χ0n) is 17.4. The molecule has 0 aliphatic carbocycles. The minimum Gasteiger partial charge on any atom is -0.495 e. The van der Waals surface area contributed by atoms with Crippen LogP contribution in [0.3, 0.4) is 0 Å². The lowest BCUT2D eigenvalue weighted by Gasteiger charge is -2.13. The molecule has 0 saturated carbocycles. The molecule has 0 spiro atoms. The second-order valence-corrected chi connectivity index (χ2v) is 6.47. The summed E-state index contributed by atoms with van der Waals surface area (Å²) < 4.78 is 16.0. The van der Waals surface area contributed by atoms with Crippen LogP contribution in [0.1, 0.15) is 12.5 Å². The van der Waals surface area contributed by atoms with Crippen molar-refractivity contribution in [3.63, 3.8) is 0 Å². The molecule has 1 aliphatic heterocycles. The van der Waals surface area contributed by atoms with Gasteiger partial charge in [0.05, 0.1) is 26.5 Å². The zero-order chi connectivity index (χ0) is 22.4. The first kappa shape index (κ1) is 21.7. The number of nitrogens with one attached hydrogen (secondary N) is 2. The van der Waals surface area contributed by atoms with Gasteiger partial charge < -0.3 is 24.8 Å². The summed E-state index contributed by atoms with van der Waals surface area (Å²) in [6, 6.07) is 11.3. The molecule has 9 nitrogen and oxygen atoms in total. The molecule has 4 amide bonds. The first-order valence-electron chi connectivity index (χ1n) is 9.55.